The number of anilines is 2. The maximum atomic E-state index is 11.6. The van der Waals surface area contributed by atoms with Crippen molar-refractivity contribution in [2.45, 2.75) is 121 Å². The minimum absolute atomic E-state index is 0.0290. The topological polar surface area (TPSA) is 108 Å². The minimum atomic E-state index is -0.656. The van der Waals surface area contributed by atoms with Crippen molar-refractivity contribution in [3.8, 4) is 0 Å². The Balaban J connectivity index is 1.37. The fourth-order valence-electron chi connectivity index (χ4n) is 8.79. The number of nitrogens with zero attached hydrogens (tertiary/aromatic N) is 5. The number of benzene rings is 1. The van der Waals surface area contributed by atoms with Gasteiger partial charge in [-0.1, -0.05) is 50.6 Å². The Morgan fingerprint density at radius 2 is 1.74 bits per heavy atom. The van der Waals surface area contributed by atoms with Crippen LogP contribution in [0.5, 0.6) is 0 Å². The van der Waals surface area contributed by atoms with Crippen LogP contribution in [0.3, 0.4) is 0 Å². The lowest BCUT2D eigenvalue weighted by atomic mass is 9.74. The van der Waals surface area contributed by atoms with Crippen LogP contribution < -0.4 is 10.6 Å². The Hall–Kier alpha value is -3.46. The van der Waals surface area contributed by atoms with E-state index in [1.54, 1.807) is 0 Å². The monoisotopic (exact) mass is 641 g/mol. The summed E-state index contributed by atoms with van der Waals surface area (Å²) in [5, 5.41) is 22.0. The van der Waals surface area contributed by atoms with Gasteiger partial charge in [-0.3, -0.25) is 14.4 Å². The van der Waals surface area contributed by atoms with Crippen LogP contribution >= 0.6 is 0 Å². The number of aryl methyl sites for hydroxylation is 2. The number of carboxylic acids is 1. The van der Waals surface area contributed by atoms with Crippen molar-refractivity contribution in [3.05, 3.63) is 65.1 Å². The first-order valence-corrected chi connectivity index (χ1v) is 18.1. The van der Waals surface area contributed by atoms with E-state index in [0.717, 1.165) is 75.1 Å². The highest BCUT2D eigenvalue weighted by Crippen LogP contribution is 2.46. The zero-order valence-corrected chi connectivity index (χ0v) is 29.1. The molecule has 3 aromatic rings. The number of hydrogen-bond donors (Lipinski definition) is 3. The lowest BCUT2D eigenvalue weighted by Gasteiger charge is -2.46. The van der Waals surface area contributed by atoms with Gasteiger partial charge in [0.1, 0.15) is 5.82 Å². The Bertz CT molecular complexity index is 1490. The van der Waals surface area contributed by atoms with Crippen molar-refractivity contribution >= 4 is 17.7 Å². The highest BCUT2D eigenvalue weighted by Gasteiger charge is 2.40. The molecule has 0 amide bonds. The molecular weight excluding hydrogens is 586 g/mol. The van der Waals surface area contributed by atoms with Gasteiger partial charge in [-0.05, 0) is 108 Å². The Labute approximate surface area is 281 Å². The zero-order valence-electron chi connectivity index (χ0n) is 29.1. The zero-order chi connectivity index (χ0) is 33.1. The summed E-state index contributed by atoms with van der Waals surface area (Å²) in [5.74, 6) is 1.79. The van der Waals surface area contributed by atoms with Gasteiger partial charge in [0.25, 0.3) is 0 Å². The minimum Gasteiger partial charge on any atom is -0.481 e. The fraction of sp³-hybridized carbons (Fsp3) is 0.632. The van der Waals surface area contributed by atoms with E-state index in [4.69, 9.17) is 9.97 Å². The third-order valence-corrected chi connectivity index (χ3v) is 11.7. The van der Waals surface area contributed by atoms with Gasteiger partial charge < -0.3 is 15.7 Å². The van der Waals surface area contributed by atoms with E-state index >= 15 is 0 Å². The van der Waals surface area contributed by atoms with Crippen molar-refractivity contribution in [1.29, 1.82) is 0 Å². The second-order valence-electron chi connectivity index (χ2n) is 14.9. The van der Waals surface area contributed by atoms with Gasteiger partial charge in [-0.15, -0.1) is 0 Å². The smallest absolute Gasteiger partial charge is 0.306 e. The summed E-state index contributed by atoms with van der Waals surface area (Å²) >= 11 is 0. The average molecular weight is 642 g/mol. The molecule has 1 aliphatic heterocycles. The molecular formula is C38H55N7O2. The van der Waals surface area contributed by atoms with E-state index in [0.29, 0.717) is 17.8 Å². The van der Waals surface area contributed by atoms with Gasteiger partial charge in [0.05, 0.1) is 23.9 Å². The van der Waals surface area contributed by atoms with Crippen LogP contribution in [0.25, 0.3) is 0 Å². The molecule has 0 bridgehead atoms. The molecule has 254 valence electrons. The lowest BCUT2D eigenvalue weighted by Crippen LogP contribution is -2.52. The number of fused-ring (bicyclic) bond motifs is 1. The number of piperidine rings is 1. The van der Waals surface area contributed by atoms with E-state index in [-0.39, 0.29) is 29.5 Å². The van der Waals surface area contributed by atoms with Gasteiger partial charge in [-0.25, -0.2) is 4.98 Å². The molecule has 2 aliphatic carbocycles. The summed E-state index contributed by atoms with van der Waals surface area (Å²) in [6, 6.07) is 11.1. The molecule has 9 heteroatoms. The summed E-state index contributed by atoms with van der Waals surface area (Å²) in [6.07, 6.45) is 14.1. The molecule has 6 rings (SSSR count). The molecule has 2 fully saturated rings. The Morgan fingerprint density at radius 1 is 1.02 bits per heavy atom. The van der Waals surface area contributed by atoms with E-state index in [9.17, 15) is 9.90 Å². The number of likely N-dealkylation sites (tertiary alicyclic amines) is 1. The molecule has 3 aliphatic rings. The SMILES string of the molecule is CC[C@@H](Nc1nc2c(c(N[C@H](c3cnn(C)c3)C(C)(C)N3CCCCC3)n1)[C@H](C)[C@H](c1ccccc1)CC2)C1CCC(C(=O)O)CC1. The highest BCUT2D eigenvalue weighted by molar-refractivity contribution is 5.70. The Morgan fingerprint density at radius 3 is 2.38 bits per heavy atom. The van der Waals surface area contributed by atoms with Crippen molar-refractivity contribution < 1.29 is 9.90 Å². The molecule has 0 radical (unpaired) electrons. The standard InChI is InChI=1S/C38H55N7O2/c1-6-31(27-15-17-28(18-16-27)36(46)47)40-37-41-32-20-19-30(26-13-9-7-10-14-26)25(2)33(32)35(43-37)42-34(29-23-39-44(5)24-29)38(3,4)45-21-11-8-12-22-45/h7,9-10,13-14,23-25,27-28,30-31,34H,6,8,11-12,15-22H2,1-5H3,(H,46,47)(H2,40,41,42,43)/t25-,27?,28?,30-,31-,34-/m1/s1. The molecule has 2 aromatic heterocycles. The maximum absolute atomic E-state index is 11.6. The van der Waals surface area contributed by atoms with Crippen LogP contribution in [0.4, 0.5) is 11.8 Å². The summed E-state index contributed by atoms with van der Waals surface area (Å²) in [5.41, 5.74) is 4.72. The second-order valence-corrected chi connectivity index (χ2v) is 14.9. The number of nitrogens with one attached hydrogen (secondary N) is 2. The first-order chi connectivity index (χ1) is 22.7. The first-order valence-electron chi connectivity index (χ1n) is 18.1. The third kappa shape index (κ3) is 7.20. The number of hydrogen-bond acceptors (Lipinski definition) is 7. The molecule has 9 nitrogen and oxygen atoms in total. The normalized spacial score (nSPS) is 25.0. The van der Waals surface area contributed by atoms with E-state index < -0.39 is 5.97 Å². The molecule has 3 N–H and O–H groups in total. The predicted molar refractivity (Wildman–Crippen MR) is 188 cm³/mol. The van der Waals surface area contributed by atoms with Crippen molar-refractivity contribution in [3.63, 3.8) is 0 Å². The molecule has 1 saturated carbocycles. The molecule has 1 saturated heterocycles. The van der Waals surface area contributed by atoms with E-state index in [1.807, 2.05) is 17.9 Å². The van der Waals surface area contributed by atoms with Crippen LogP contribution in [0.2, 0.25) is 0 Å². The predicted octanol–water partition coefficient (Wildman–Crippen LogP) is 7.54. The highest BCUT2D eigenvalue weighted by atomic mass is 16.4. The van der Waals surface area contributed by atoms with Gasteiger partial charge in [-0.2, -0.15) is 10.1 Å². The maximum Gasteiger partial charge on any atom is 0.306 e. The molecule has 0 unspecified atom stereocenters. The molecule has 0 spiro atoms. The van der Waals surface area contributed by atoms with Crippen molar-refractivity contribution in [1.82, 2.24) is 24.6 Å². The van der Waals surface area contributed by atoms with Crippen molar-refractivity contribution in [2.24, 2.45) is 18.9 Å². The van der Waals surface area contributed by atoms with Crippen LogP contribution in [0, 0.1) is 11.8 Å². The summed E-state index contributed by atoms with van der Waals surface area (Å²) < 4.78 is 1.90. The molecule has 47 heavy (non-hydrogen) atoms. The molecule has 1 aromatic carbocycles. The van der Waals surface area contributed by atoms with Crippen LogP contribution in [-0.4, -0.2) is 60.4 Å². The van der Waals surface area contributed by atoms with Gasteiger partial charge in [0, 0.05) is 36.0 Å². The van der Waals surface area contributed by atoms with Gasteiger partial charge in [0.2, 0.25) is 5.95 Å². The lowest BCUT2D eigenvalue weighted by molar-refractivity contribution is -0.143. The van der Waals surface area contributed by atoms with E-state index in [2.05, 4.69) is 84.9 Å². The summed E-state index contributed by atoms with van der Waals surface area (Å²) in [6.45, 7) is 11.5. The summed E-state index contributed by atoms with van der Waals surface area (Å²) in [7, 11) is 1.99. The number of aromatic nitrogens is 4. The Kier molecular flexibility index (Phi) is 10.2. The average Bonchev–Trinajstić information content (AvgIpc) is 3.52. The number of carbonyl (C=O) groups is 1. The van der Waals surface area contributed by atoms with Crippen LogP contribution in [0.1, 0.15) is 126 Å². The van der Waals surface area contributed by atoms with Crippen LogP contribution in [0.15, 0.2) is 42.7 Å². The number of carboxylic acid groups (broad SMARTS) is 1. The first kappa shape index (κ1) is 33.4. The molecule has 3 heterocycles. The van der Waals surface area contributed by atoms with Crippen LogP contribution in [-0.2, 0) is 18.3 Å². The number of aliphatic carboxylic acids is 1. The fourth-order valence-corrected chi connectivity index (χ4v) is 8.79. The van der Waals surface area contributed by atoms with Gasteiger partial charge >= 0.3 is 5.97 Å². The molecule has 4 atom stereocenters. The second kappa shape index (κ2) is 14.3. The van der Waals surface area contributed by atoms with Crippen molar-refractivity contribution in [2.75, 3.05) is 23.7 Å². The van der Waals surface area contributed by atoms with E-state index in [1.165, 1.54) is 30.4 Å². The van der Waals surface area contributed by atoms with Gasteiger partial charge in [0.15, 0.2) is 0 Å². The quantitative estimate of drug-likeness (QED) is 0.197. The largest absolute Gasteiger partial charge is 0.481 e. The summed E-state index contributed by atoms with van der Waals surface area (Å²) in [4.78, 5) is 24.8. The number of rotatable bonds is 11. The third-order valence-electron chi connectivity index (χ3n) is 11.7.